The van der Waals surface area contributed by atoms with Crippen LogP contribution < -0.4 is 17.0 Å². The number of hydrogen-bond acceptors (Lipinski definition) is 7. The first-order valence-corrected chi connectivity index (χ1v) is 4.95. The summed E-state index contributed by atoms with van der Waals surface area (Å²) < 4.78 is 0. The zero-order valence-corrected chi connectivity index (χ0v) is 8.59. The third-order valence-electron chi connectivity index (χ3n) is 2.42. The summed E-state index contributed by atoms with van der Waals surface area (Å²) in [4.78, 5) is 8.28. The van der Waals surface area contributed by atoms with Crippen molar-refractivity contribution >= 4 is 18.0 Å². The number of guanidine groups is 1. The number of amidine groups is 1. The van der Waals surface area contributed by atoms with Crippen LogP contribution in [0.5, 0.6) is 0 Å². The van der Waals surface area contributed by atoms with Crippen molar-refractivity contribution in [2.75, 3.05) is 6.54 Å². The van der Waals surface area contributed by atoms with Gasteiger partial charge in [0.15, 0.2) is 6.17 Å². The Morgan fingerprint density at radius 3 is 3.07 bits per heavy atom. The molecule has 0 aromatic carbocycles. The van der Waals surface area contributed by atoms with E-state index in [0.717, 1.165) is 13.0 Å². The van der Waals surface area contributed by atoms with Crippen LogP contribution in [0.4, 0.5) is 0 Å². The van der Waals surface area contributed by atoms with Gasteiger partial charge >= 0.3 is 0 Å². The minimum absolute atomic E-state index is 0.00569. The molecule has 0 aromatic heterocycles. The van der Waals surface area contributed by atoms with Gasteiger partial charge in [-0.1, -0.05) is 6.92 Å². The van der Waals surface area contributed by atoms with E-state index in [9.17, 15) is 0 Å². The number of hydrazone groups is 1. The first kappa shape index (κ1) is 9.91. The van der Waals surface area contributed by atoms with Crippen molar-refractivity contribution < 1.29 is 0 Å². The Balaban J connectivity index is 2.20. The molecule has 0 aliphatic carbocycles. The van der Waals surface area contributed by atoms with Gasteiger partial charge in [-0.05, 0) is 6.42 Å². The second-order valence-electron chi connectivity index (χ2n) is 3.50. The van der Waals surface area contributed by atoms with Gasteiger partial charge in [0, 0.05) is 12.8 Å². The second kappa shape index (κ2) is 3.85. The summed E-state index contributed by atoms with van der Waals surface area (Å²) in [5.74, 6) is 6.23. The maximum absolute atomic E-state index is 5.60. The highest BCUT2D eigenvalue weighted by atomic mass is 15.5. The van der Waals surface area contributed by atoms with Crippen LogP contribution in [-0.4, -0.2) is 35.7 Å². The van der Waals surface area contributed by atoms with Crippen LogP contribution in [0.2, 0.25) is 0 Å². The fraction of sp³-hybridized carbons (Fsp3) is 0.625. The molecule has 0 amide bonds. The van der Waals surface area contributed by atoms with Gasteiger partial charge in [-0.2, -0.15) is 10.1 Å². The van der Waals surface area contributed by atoms with Gasteiger partial charge in [0.1, 0.15) is 5.84 Å². The average molecular weight is 209 g/mol. The maximum Gasteiger partial charge on any atom is 0.219 e. The quantitative estimate of drug-likeness (QED) is 0.393. The van der Waals surface area contributed by atoms with E-state index in [2.05, 4.69) is 27.4 Å². The number of fused-ring (bicyclic) bond motifs is 1. The molecule has 2 rings (SSSR count). The van der Waals surface area contributed by atoms with Crippen LogP contribution in [0, 0.1) is 5.92 Å². The maximum atomic E-state index is 5.60. The highest BCUT2D eigenvalue weighted by Crippen LogP contribution is 2.22. The Hall–Kier alpha value is -1.63. The van der Waals surface area contributed by atoms with E-state index in [-0.39, 0.29) is 18.0 Å². The van der Waals surface area contributed by atoms with Gasteiger partial charge in [0.2, 0.25) is 5.96 Å². The Bertz CT molecular complexity index is 332. The lowest BCUT2D eigenvalue weighted by molar-refractivity contribution is 0.222. The Labute approximate surface area is 87.9 Å². The van der Waals surface area contributed by atoms with E-state index < -0.39 is 0 Å². The molecule has 5 N–H and O–H groups in total. The smallest absolute Gasteiger partial charge is 0.219 e. The van der Waals surface area contributed by atoms with Crippen molar-refractivity contribution in [1.29, 1.82) is 0 Å². The molecule has 2 aliphatic heterocycles. The van der Waals surface area contributed by atoms with Gasteiger partial charge in [0.25, 0.3) is 0 Å². The number of rotatable bonds is 2. The van der Waals surface area contributed by atoms with E-state index in [4.69, 9.17) is 11.6 Å². The van der Waals surface area contributed by atoms with Crippen LogP contribution in [-0.2, 0) is 0 Å². The fourth-order valence-corrected chi connectivity index (χ4v) is 1.76. The van der Waals surface area contributed by atoms with Crippen LogP contribution in [0.15, 0.2) is 15.1 Å². The standard InChI is InChI=1S/C8H15N7/c1-2-3-15-7-5(4-11-15)6(14-10)12-8(9)13-7/h4-5,7H,2-3,10H2,1H3,(H3,9,12,13,14). The first-order chi connectivity index (χ1) is 7.26. The zero-order valence-electron chi connectivity index (χ0n) is 8.59. The third kappa shape index (κ3) is 1.65. The lowest BCUT2D eigenvalue weighted by Crippen LogP contribution is -2.47. The van der Waals surface area contributed by atoms with Crippen molar-refractivity contribution in [2.45, 2.75) is 19.5 Å². The number of nitrogens with one attached hydrogen (secondary N) is 1. The van der Waals surface area contributed by atoms with Crippen LogP contribution in [0.25, 0.3) is 0 Å². The molecular formula is C8H15N7. The van der Waals surface area contributed by atoms with E-state index >= 15 is 0 Å². The minimum atomic E-state index is -0.0894. The number of hydrazine groups is 1. The summed E-state index contributed by atoms with van der Waals surface area (Å²) >= 11 is 0. The summed E-state index contributed by atoms with van der Waals surface area (Å²) in [6.07, 6.45) is 2.72. The monoisotopic (exact) mass is 209 g/mol. The number of nitrogens with two attached hydrogens (primary N) is 2. The Morgan fingerprint density at radius 1 is 1.60 bits per heavy atom. The molecule has 0 saturated heterocycles. The highest BCUT2D eigenvalue weighted by molar-refractivity contribution is 6.06. The average Bonchev–Trinajstić information content (AvgIpc) is 2.61. The van der Waals surface area contributed by atoms with Crippen LogP contribution >= 0.6 is 0 Å². The predicted molar refractivity (Wildman–Crippen MR) is 59.1 cm³/mol. The fourth-order valence-electron chi connectivity index (χ4n) is 1.76. The normalized spacial score (nSPS) is 28.5. The van der Waals surface area contributed by atoms with E-state index in [0.29, 0.717) is 5.84 Å². The molecule has 0 aromatic rings. The number of nitrogens with zero attached hydrogens (tertiary/aromatic N) is 4. The van der Waals surface area contributed by atoms with Crippen molar-refractivity contribution in [3.8, 4) is 0 Å². The van der Waals surface area contributed by atoms with Crippen molar-refractivity contribution in [3.63, 3.8) is 0 Å². The summed E-state index contributed by atoms with van der Waals surface area (Å²) in [7, 11) is 0. The molecule has 7 nitrogen and oxygen atoms in total. The van der Waals surface area contributed by atoms with E-state index in [1.807, 2.05) is 5.01 Å². The van der Waals surface area contributed by atoms with E-state index in [1.165, 1.54) is 0 Å². The number of hydrogen-bond donors (Lipinski definition) is 3. The molecule has 2 atom stereocenters. The SMILES string of the molecule is CCCN1N=CC2C(NN)=NC(N)=NC21. The Morgan fingerprint density at radius 2 is 2.40 bits per heavy atom. The van der Waals surface area contributed by atoms with Gasteiger partial charge in [-0.25, -0.2) is 10.8 Å². The molecule has 2 unspecified atom stereocenters. The van der Waals surface area contributed by atoms with Gasteiger partial charge < -0.3 is 11.2 Å². The van der Waals surface area contributed by atoms with Crippen molar-refractivity contribution in [3.05, 3.63) is 0 Å². The first-order valence-electron chi connectivity index (χ1n) is 4.95. The predicted octanol–water partition coefficient (Wildman–Crippen LogP) is -1.17. The largest absolute Gasteiger partial charge is 0.368 e. The molecule has 0 saturated carbocycles. The molecule has 0 radical (unpaired) electrons. The van der Waals surface area contributed by atoms with Crippen molar-refractivity contribution in [1.82, 2.24) is 10.4 Å². The summed E-state index contributed by atoms with van der Waals surface area (Å²) in [5, 5.41) is 6.18. The summed E-state index contributed by atoms with van der Waals surface area (Å²) in [5.41, 5.74) is 8.14. The molecule has 2 heterocycles. The molecule has 82 valence electrons. The van der Waals surface area contributed by atoms with Gasteiger partial charge in [-0.15, -0.1) is 0 Å². The molecule has 2 aliphatic rings. The minimum Gasteiger partial charge on any atom is -0.368 e. The molecule has 0 fully saturated rings. The summed E-state index contributed by atoms with van der Waals surface area (Å²) in [6.45, 7) is 2.95. The molecule has 0 spiro atoms. The third-order valence-corrected chi connectivity index (χ3v) is 2.42. The Kier molecular flexibility index (Phi) is 2.55. The molecule has 7 heteroatoms. The second-order valence-corrected chi connectivity index (χ2v) is 3.50. The lowest BCUT2D eigenvalue weighted by Gasteiger charge is -2.26. The van der Waals surface area contributed by atoms with Crippen LogP contribution in [0.1, 0.15) is 13.3 Å². The highest BCUT2D eigenvalue weighted by Gasteiger charge is 2.36. The topological polar surface area (TPSA) is 104 Å². The molecule has 15 heavy (non-hydrogen) atoms. The zero-order chi connectivity index (χ0) is 10.8. The van der Waals surface area contributed by atoms with Gasteiger partial charge in [0.05, 0.1) is 5.92 Å². The van der Waals surface area contributed by atoms with Crippen LogP contribution in [0.3, 0.4) is 0 Å². The number of aliphatic imine (C=N–C) groups is 2. The van der Waals surface area contributed by atoms with Gasteiger partial charge in [-0.3, -0.25) is 5.01 Å². The van der Waals surface area contributed by atoms with Crippen molar-refractivity contribution in [2.24, 2.45) is 32.6 Å². The molecule has 0 bridgehead atoms. The molecular weight excluding hydrogens is 194 g/mol. The lowest BCUT2D eigenvalue weighted by atomic mass is 10.1. The summed E-state index contributed by atoms with van der Waals surface area (Å²) in [6, 6.07) is 0. The van der Waals surface area contributed by atoms with E-state index in [1.54, 1.807) is 6.21 Å².